The molecule has 1 N–H and O–H groups in total. The van der Waals surface area contributed by atoms with Crippen molar-refractivity contribution < 1.29 is 21.6 Å². The molecule has 1 unspecified atom stereocenters. The van der Waals surface area contributed by atoms with Crippen molar-refractivity contribution in [3.05, 3.63) is 47.7 Å². The summed E-state index contributed by atoms with van der Waals surface area (Å²) in [5, 5.41) is 10.5. The summed E-state index contributed by atoms with van der Waals surface area (Å²) in [6, 6.07) is 7.30. The van der Waals surface area contributed by atoms with Crippen LogP contribution in [0.3, 0.4) is 0 Å². The molecule has 0 radical (unpaired) electrons. The van der Waals surface area contributed by atoms with Gasteiger partial charge in [-0.15, -0.1) is 0 Å². The molecular formula is C21H21F3N4O2S. The number of fused-ring (bicyclic) bond motifs is 1. The maximum Gasteiger partial charge on any atom is 0.404 e. The molecule has 0 spiro atoms. The molecule has 0 fully saturated rings. The van der Waals surface area contributed by atoms with E-state index in [9.17, 15) is 26.9 Å². The van der Waals surface area contributed by atoms with Crippen molar-refractivity contribution in [3.63, 3.8) is 0 Å². The number of aromatic nitrogens is 2. The number of hydrogen-bond acceptors (Lipinski definition) is 4. The number of benzene rings is 1. The predicted octanol–water partition coefficient (Wildman–Crippen LogP) is 4.52. The van der Waals surface area contributed by atoms with Gasteiger partial charge in [0, 0.05) is 18.1 Å². The fourth-order valence-electron chi connectivity index (χ4n) is 3.34. The lowest BCUT2D eigenvalue weighted by molar-refractivity contribution is -0.147. The lowest BCUT2D eigenvalue weighted by atomic mass is 10.1. The Hall–Kier alpha value is -2.90. The van der Waals surface area contributed by atoms with Gasteiger partial charge < -0.3 is 4.57 Å². The minimum atomic E-state index is -4.69. The van der Waals surface area contributed by atoms with E-state index in [0.717, 1.165) is 18.9 Å². The summed E-state index contributed by atoms with van der Waals surface area (Å²) in [5.41, 5.74) is 3.13. The van der Waals surface area contributed by atoms with Crippen molar-refractivity contribution in [1.82, 2.24) is 14.3 Å². The third kappa shape index (κ3) is 4.43. The first kappa shape index (κ1) is 22.8. The Morgan fingerprint density at radius 2 is 1.90 bits per heavy atom. The highest BCUT2D eigenvalue weighted by Gasteiger charge is 2.38. The molecule has 0 bridgehead atoms. The second-order valence-electron chi connectivity index (χ2n) is 7.28. The SMILES string of the molecule is CCCn1c(-c2ccc(S(=O)(=O)NC(C)C(F)(F)F)cc2)c(C#N)c2cc(C)cnc21. The van der Waals surface area contributed by atoms with E-state index in [1.807, 2.05) is 24.5 Å². The molecule has 2 heterocycles. The number of nitrogens with zero attached hydrogens (tertiary/aromatic N) is 3. The first-order valence-electron chi connectivity index (χ1n) is 9.58. The van der Waals surface area contributed by atoms with E-state index in [0.29, 0.717) is 34.4 Å². The summed E-state index contributed by atoms with van der Waals surface area (Å²) in [4.78, 5) is 4.17. The van der Waals surface area contributed by atoms with Gasteiger partial charge in [0.1, 0.15) is 17.8 Å². The molecule has 0 aliphatic heterocycles. The molecule has 1 atom stereocenters. The predicted molar refractivity (Wildman–Crippen MR) is 111 cm³/mol. The van der Waals surface area contributed by atoms with E-state index in [1.54, 1.807) is 10.9 Å². The molecule has 164 valence electrons. The Labute approximate surface area is 178 Å². The lowest BCUT2D eigenvalue weighted by Crippen LogP contribution is -2.42. The van der Waals surface area contributed by atoms with E-state index in [1.165, 1.54) is 24.3 Å². The van der Waals surface area contributed by atoms with Gasteiger partial charge in [-0.25, -0.2) is 13.4 Å². The average molecular weight is 450 g/mol. The van der Waals surface area contributed by atoms with Gasteiger partial charge in [-0.2, -0.15) is 23.2 Å². The Balaban J connectivity index is 2.09. The Morgan fingerprint density at radius 1 is 1.26 bits per heavy atom. The molecule has 0 amide bonds. The van der Waals surface area contributed by atoms with Crippen molar-refractivity contribution >= 4 is 21.1 Å². The van der Waals surface area contributed by atoms with Crippen molar-refractivity contribution in [1.29, 1.82) is 5.26 Å². The van der Waals surface area contributed by atoms with E-state index in [-0.39, 0.29) is 4.90 Å². The van der Waals surface area contributed by atoms with Gasteiger partial charge in [0.05, 0.1) is 16.2 Å². The molecule has 10 heteroatoms. The van der Waals surface area contributed by atoms with Crippen molar-refractivity contribution in [2.45, 2.75) is 50.9 Å². The first-order valence-corrected chi connectivity index (χ1v) is 11.1. The van der Waals surface area contributed by atoms with Crippen LogP contribution in [0.1, 0.15) is 31.4 Å². The Bertz CT molecular complexity index is 1260. The van der Waals surface area contributed by atoms with Gasteiger partial charge in [0.25, 0.3) is 0 Å². The number of halogens is 3. The van der Waals surface area contributed by atoms with E-state index >= 15 is 0 Å². The van der Waals surface area contributed by atoms with Gasteiger partial charge in [0.2, 0.25) is 10.0 Å². The number of pyridine rings is 1. The third-order valence-corrected chi connectivity index (χ3v) is 6.41. The zero-order valence-electron chi connectivity index (χ0n) is 17.2. The van der Waals surface area contributed by atoms with E-state index in [4.69, 9.17) is 0 Å². The number of alkyl halides is 3. The molecule has 0 aliphatic carbocycles. The fraction of sp³-hybridized carbons (Fsp3) is 0.333. The van der Waals surface area contributed by atoms with Crippen LogP contribution in [0.25, 0.3) is 22.3 Å². The number of sulfonamides is 1. The van der Waals surface area contributed by atoms with Crippen LogP contribution in [0.4, 0.5) is 13.2 Å². The van der Waals surface area contributed by atoms with Crippen LogP contribution >= 0.6 is 0 Å². The topological polar surface area (TPSA) is 87.8 Å². The molecule has 1 aromatic carbocycles. The maximum absolute atomic E-state index is 12.7. The van der Waals surface area contributed by atoms with Crippen molar-refractivity contribution in [2.24, 2.45) is 0 Å². The average Bonchev–Trinajstić information content (AvgIpc) is 3.00. The lowest BCUT2D eigenvalue weighted by Gasteiger charge is -2.17. The standard InChI is InChI=1S/C21H21F3N4O2S/c1-4-9-28-19(18(11-25)17-10-13(2)12-26-20(17)28)15-5-7-16(8-6-15)31(29,30)27-14(3)21(22,23)24/h5-8,10,12,14,27H,4,9H2,1-3H3. The van der Waals surface area contributed by atoms with Crippen LogP contribution < -0.4 is 4.72 Å². The second kappa shape index (κ2) is 8.32. The number of rotatable bonds is 6. The summed E-state index contributed by atoms with van der Waals surface area (Å²) in [6.07, 6.45) is -2.20. The zero-order chi connectivity index (χ0) is 23.0. The maximum atomic E-state index is 12.7. The van der Waals surface area contributed by atoms with Crippen LogP contribution in [0.15, 0.2) is 41.4 Å². The van der Waals surface area contributed by atoms with Crippen molar-refractivity contribution in [3.8, 4) is 17.3 Å². The largest absolute Gasteiger partial charge is 0.404 e. The van der Waals surface area contributed by atoms with Crippen LogP contribution in [0, 0.1) is 18.3 Å². The van der Waals surface area contributed by atoms with Gasteiger partial charge >= 0.3 is 6.18 Å². The van der Waals surface area contributed by atoms with E-state index < -0.39 is 22.2 Å². The molecule has 3 aromatic rings. The molecular weight excluding hydrogens is 429 g/mol. The highest BCUT2D eigenvalue weighted by molar-refractivity contribution is 7.89. The van der Waals surface area contributed by atoms with Gasteiger partial charge in [-0.05, 0) is 49.6 Å². The van der Waals surface area contributed by atoms with Gasteiger partial charge in [0.15, 0.2) is 0 Å². The Kier molecular flexibility index (Phi) is 6.11. The number of hydrogen-bond donors (Lipinski definition) is 1. The summed E-state index contributed by atoms with van der Waals surface area (Å²) in [5.74, 6) is 0. The minimum Gasteiger partial charge on any atom is -0.324 e. The smallest absolute Gasteiger partial charge is 0.324 e. The van der Waals surface area contributed by atoms with Crippen LogP contribution in [0.5, 0.6) is 0 Å². The third-order valence-electron chi connectivity index (χ3n) is 4.86. The van der Waals surface area contributed by atoms with Gasteiger partial charge in [-0.1, -0.05) is 19.1 Å². The van der Waals surface area contributed by atoms with Crippen LogP contribution in [-0.2, 0) is 16.6 Å². The summed E-state index contributed by atoms with van der Waals surface area (Å²) < 4.78 is 66.4. The number of aryl methyl sites for hydroxylation is 2. The molecule has 31 heavy (non-hydrogen) atoms. The summed E-state index contributed by atoms with van der Waals surface area (Å²) >= 11 is 0. The quantitative estimate of drug-likeness (QED) is 0.598. The molecule has 6 nitrogen and oxygen atoms in total. The zero-order valence-corrected chi connectivity index (χ0v) is 18.0. The summed E-state index contributed by atoms with van der Waals surface area (Å²) in [6.45, 7) is 5.19. The van der Waals surface area contributed by atoms with Crippen LogP contribution in [-0.4, -0.2) is 30.2 Å². The highest BCUT2D eigenvalue weighted by Crippen LogP contribution is 2.34. The fourth-order valence-corrected chi connectivity index (χ4v) is 4.57. The molecule has 0 saturated heterocycles. The van der Waals surface area contributed by atoms with Crippen molar-refractivity contribution in [2.75, 3.05) is 0 Å². The summed E-state index contributed by atoms with van der Waals surface area (Å²) in [7, 11) is -4.36. The molecule has 0 aliphatic rings. The monoisotopic (exact) mass is 450 g/mol. The molecule has 0 saturated carbocycles. The second-order valence-corrected chi connectivity index (χ2v) is 8.99. The molecule has 3 rings (SSSR count). The van der Waals surface area contributed by atoms with Gasteiger partial charge in [-0.3, -0.25) is 0 Å². The normalized spacial score (nSPS) is 13.3. The first-order chi connectivity index (χ1) is 14.5. The Morgan fingerprint density at radius 3 is 2.45 bits per heavy atom. The highest BCUT2D eigenvalue weighted by atomic mass is 32.2. The minimum absolute atomic E-state index is 0.294. The number of nitriles is 1. The number of nitrogens with one attached hydrogen (secondary N) is 1. The van der Waals surface area contributed by atoms with E-state index in [2.05, 4.69) is 11.1 Å². The van der Waals surface area contributed by atoms with Crippen LogP contribution in [0.2, 0.25) is 0 Å². The molecule has 2 aromatic heterocycles.